The van der Waals surface area contributed by atoms with E-state index in [4.69, 9.17) is 10.5 Å². The summed E-state index contributed by atoms with van der Waals surface area (Å²) in [5.41, 5.74) is 4.95. The summed E-state index contributed by atoms with van der Waals surface area (Å²) < 4.78 is 4.85. The topological polar surface area (TPSA) is 52.3 Å². The third kappa shape index (κ3) is 1.48. The van der Waals surface area contributed by atoms with E-state index in [0.29, 0.717) is 6.61 Å². The normalized spacial score (nSPS) is 20.2. The molecule has 0 saturated heterocycles. The van der Waals surface area contributed by atoms with Gasteiger partial charge in [0, 0.05) is 0 Å². The highest BCUT2D eigenvalue weighted by Gasteiger charge is 2.47. The summed E-state index contributed by atoms with van der Waals surface area (Å²) in [4.78, 5) is 10.9. The highest BCUT2D eigenvalue weighted by atomic mass is 16.5. The Kier molecular flexibility index (Phi) is 1.94. The molecule has 0 heterocycles. The molecule has 58 valence electrons. The fourth-order valence-corrected chi connectivity index (χ4v) is 0.677. The Morgan fingerprint density at radius 2 is 2.30 bits per heavy atom. The van der Waals surface area contributed by atoms with Crippen LogP contribution in [0.25, 0.3) is 0 Å². The Labute approximate surface area is 60.5 Å². The highest BCUT2D eigenvalue weighted by molar-refractivity contribution is 5.83. The number of esters is 1. The summed E-state index contributed by atoms with van der Waals surface area (Å²) >= 11 is 0. The van der Waals surface area contributed by atoms with Crippen LogP contribution in [-0.2, 0) is 9.53 Å². The second-order valence-electron chi connectivity index (χ2n) is 2.79. The number of carbonyl (C=O) groups is 1. The molecule has 0 amide bonds. The molecule has 3 nitrogen and oxygen atoms in total. The van der Waals surface area contributed by atoms with Crippen LogP contribution in [0, 0.1) is 0 Å². The van der Waals surface area contributed by atoms with Crippen molar-refractivity contribution >= 4 is 5.97 Å². The summed E-state index contributed by atoms with van der Waals surface area (Å²) in [6.07, 6.45) is 2.44. The lowest BCUT2D eigenvalue weighted by Gasteiger charge is -2.06. The molecule has 1 rings (SSSR count). The first kappa shape index (κ1) is 7.54. The van der Waals surface area contributed by atoms with E-state index in [0.717, 1.165) is 19.3 Å². The Morgan fingerprint density at radius 1 is 1.70 bits per heavy atom. The molecule has 0 unspecified atom stereocenters. The van der Waals surface area contributed by atoms with E-state index in [1.54, 1.807) is 0 Å². The van der Waals surface area contributed by atoms with Crippen LogP contribution in [0.3, 0.4) is 0 Å². The predicted octanol–water partition coefficient (Wildman–Crippen LogP) is 0.431. The van der Waals surface area contributed by atoms with E-state index < -0.39 is 5.54 Å². The van der Waals surface area contributed by atoms with Gasteiger partial charge in [0.15, 0.2) is 0 Å². The van der Waals surface area contributed by atoms with Crippen molar-refractivity contribution in [3.63, 3.8) is 0 Å². The Bertz CT molecular complexity index is 141. The first-order chi connectivity index (χ1) is 4.69. The summed E-state index contributed by atoms with van der Waals surface area (Å²) in [6.45, 7) is 2.46. The minimum Gasteiger partial charge on any atom is -0.464 e. The predicted molar refractivity (Wildman–Crippen MR) is 37.4 cm³/mol. The van der Waals surface area contributed by atoms with Crippen molar-refractivity contribution < 1.29 is 9.53 Å². The molecule has 3 heteroatoms. The smallest absolute Gasteiger partial charge is 0.326 e. The molecule has 0 atom stereocenters. The lowest BCUT2D eigenvalue weighted by Crippen LogP contribution is -2.34. The average molecular weight is 143 g/mol. The van der Waals surface area contributed by atoms with Crippen molar-refractivity contribution in [2.75, 3.05) is 6.61 Å². The lowest BCUT2D eigenvalue weighted by molar-refractivity contribution is -0.146. The molecule has 10 heavy (non-hydrogen) atoms. The van der Waals surface area contributed by atoms with Gasteiger partial charge in [0.25, 0.3) is 0 Å². The van der Waals surface area contributed by atoms with Crippen LogP contribution in [0.15, 0.2) is 0 Å². The van der Waals surface area contributed by atoms with Crippen LogP contribution in [0.5, 0.6) is 0 Å². The molecule has 0 aromatic carbocycles. The quantitative estimate of drug-likeness (QED) is 0.583. The molecule has 0 radical (unpaired) electrons. The number of ether oxygens (including phenoxy) is 1. The first-order valence-electron chi connectivity index (χ1n) is 3.65. The van der Waals surface area contributed by atoms with Crippen molar-refractivity contribution in [3.05, 3.63) is 0 Å². The summed E-state index contributed by atoms with van der Waals surface area (Å²) in [7, 11) is 0. The van der Waals surface area contributed by atoms with Gasteiger partial charge in [0.1, 0.15) is 5.54 Å². The number of hydrogen-bond acceptors (Lipinski definition) is 3. The van der Waals surface area contributed by atoms with Gasteiger partial charge in [-0.1, -0.05) is 6.92 Å². The Morgan fingerprint density at radius 3 is 2.70 bits per heavy atom. The minimum absolute atomic E-state index is 0.227. The van der Waals surface area contributed by atoms with Gasteiger partial charge < -0.3 is 10.5 Å². The molecule has 1 fully saturated rings. The number of nitrogens with two attached hydrogens (primary N) is 1. The maximum Gasteiger partial charge on any atom is 0.326 e. The van der Waals surface area contributed by atoms with Crippen molar-refractivity contribution in [1.82, 2.24) is 0 Å². The summed E-state index contributed by atoms with van der Waals surface area (Å²) in [5.74, 6) is -0.227. The van der Waals surface area contributed by atoms with Gasteiger partial charge in [-0.3, -0.25) is 4.79 Å². The summed E-state index contributed by atoms with van der Waals surface area (Å²) in [6, 6.07) is 0. The molecule has 1 aliphatic rings. The van der Waals surface area contributed by atoms with Crippen LogP contribution < -0.4 is 5.73 Å². The van der Waals surface area contributed by atoms with E-state index in [-0.39, 0.29) is 5.97 Å². The fourth-order valence-electron chi connectivity index (χ4n) is 0.677. The van der Waals surface area contributed by atoms with Crippen molar-refractivity contribution in [3.8, 4) is 0 Å². The number of hydrogen-bond donors (Lipinski definition) is 1. The van der Waals surface area contributed by atoms with E-state index in [2.05, 4.69) is 0 Å². The number of carbonyl (C=O) groups excluding carboxylic acids is 1. The van der Waals surface area contributed by atoms with Gasteiger partial charge >= 0.3 is 5.97 Å². The van der Waals surface area contributed by atoms with Gasteiger partial charge in [-0.05, 0) is 19.3 Å². The van der Waals surface area contributed by atoms with E-state index in [9.17, 15) is 4.79 Å². The molecule has 2 N–H and O–H groups in total. The average Bonchev–Trinajstić information content (AvgIpc) is 2.64. The van der Waals surface area contributed by atoms with E-state index >= 15 is 0 Å². The van der Waals surface area contributed by atoms with Crippen LogP contribution in [0.4, 0.5) is 0 Å². The molecular weight excluding hydrogens is 130 g/mol. The van der Waals surface area contributed by atoms with Gasteiger partial charge in [-0.25, -0.2) is 0 Å². The third-order valence-electron chi connectivity index (χ3n) is 1.63. The van der Waals surface area contributed by atoms with Gasteiger partial charge in [-0.2, -0.15) is 0 Å². The SMILES string of the molecule is CCCOC(=O)C1(N)CC1. The van der Waals surface area contributed by atoms with Gasteiger partial charge in [0.05, 0.1) is 6.61 Å². The van der Waals surface area contributed by atoms with Crippen molar-refractivity contribution in [1.29, 1.82) is 0 Å². The molecule has 1 aliphatic carbocycles. The molecule has 0 spiro atoms. The Balaban J connectivity index is 2.22. The first-order valence-corrected chi connectivity index (χ1v) is 3.65. The van der Waals surface area contributed by atoms with Crippen molar-refractivity contribution in [2.45, 2.75) is 31.7 Å². The molecule has 0 aromatic heterocycles. The standard InChI is InChI=1S/C7H13NO2/c1-2-5-10-6(9)7(8)3-4-7/h2-5,8H2,1H3. The molecular formula is C7H13NO2. The third-order valence-corrected chi connectivity index (χ3v) is 1.63. The zero-order valence-corrected chi connectivity index (χ0v) is 6.22. The van der Waals surface area contributed by atoms with Crippen LogP contribution in [-0.4, -0.2) is 18.1 Å². The zero-order chi connectivity index (χ0) is 7.61. The second-order valence-corrected chi connectivity index (χ2v) is 2.79. The maximum atomic E-state index is 10.9. The largest absolute Gasteiger partial charge is 0.464 e. The lowest BCUT2D eigenvalue weighted by atomic mass is 10.3. The maximum absolute atomic E-state index is 10.9. The van der Waals surface area contributed by atoms with Gasteiger partial charge in [-0.15, -0.1) is 0 Å². The highest BCUT2D eigenvalue weighted by Crippen LogP contribution is 2.33. The molecule has 0 aromatic rings. The van der Waals surface area contributed by atoms with Gasteiger partial charge in [0.2, 0.25) is 0 Å². The molecule has 1 saturated carbocycles. The fraction of sp³-hybridized carbons (Fsp3) is 0.857. The monoisotopic (exact) mass is 143 g/mol. The second kappa shape index (κ2) is 2.58. The van der Waals surface area contributed by atoms with Crippen LogP contribution in [0.1, 0.15) is 26.2 Å². The van der Waals surface area contributed by atoms with Crippen LogP contribution in [0.2, 0.25) is 0 Å². The molecule has 0 bridgehead atoms. The Hall–Kier alpha value is -0.570. The van der Waals surface area contributed by atoms with E-state index in [1.807, 2.05) is 6.92 Å². The zero-order valence-electron chi connectivity index (χ0n) is 6.22. The number of rotatable bonds is 3. The molecule has 0 aliphatic heterocycles. The van der Waals surface area contributed by atoms with Crippen molar-refractivity contribution in [2.24, 2.45) is 5.73 Å². The van der Waals surface area contributed by atoms with Crippen LogP contribution >= 0.6 is 0 Å². The summed E-state index contributed by atoms with van der Waals surface area (Å²) in [5, 5.41) is 0. The minimum atomic E-state index is -0.602. The van der Waals surface area contributed by atoms with E-state index in [1.165, 1.54) is 0 Å².